The molecule has 0 saturated heterocycles. The standard InChI is InChI=1S/C13H16ClN5O/c1-2-3-17-12-10(14)6-9(7-18-12)13(20)19-8-11-15-4-5-16-11/h4-7H,2-3,8H2,1H3,(H,15,16)(H,17,18)(H,19,20). The first kappa shape index (κ1) is 14.3. The quantitative estimate of drug-likeness (QED) is 0.762. The molecule has 0 radical (unpaired) electrons. The maximum absolute atomic E-state index is 11.9. The highest BCUT2D eigenvalue weighted by molar-refractivity contribution is 6.33. The molecule has 2 rings (SSSR count). The van der Waals surface area contributed by atoms with E-state index in [0.717, 1.165) is 13.0 Å². The van der Waals surface area contributed by atoms with Gasteiger partial charge in [0.05, 0.1) is 17.1 Å². The van der Waals surface area contributed by atoms with Gasteiger partial charge in [0.1, 0.15) is 11.6 Å². The van der Waals surface area contributed by atoms with Crippen molar-refractivity contribution in [2.24, 2.45) is 0 Å². The molecular weight excluding hydrogens is 278 g/mol. The topological polar surface area (TPSA) is 82.7 Å². The molecule has 3 N–H and O–H groups in total. The van der Waals surface area contributed by atoms with E-state index < -0.39 is 0 Å². The van der Waals surface area contributed by atoms with Gasteiger partial charge in [-0.25, -0.2) is 9.97 Å². The second-order valence-corrected chi connectivity index (χ2v) is 4.61. The molecule has 0 bridgehead atoms. The van der Waals surface area contributed by atoms with E-state index in [0.29, 0.717) is 28.8 Å². The molecule has 0 aliphatic carbocycles. The number of carbonyl (C=O) groups is 1. The molecule has 0 aliphatic heterocycles. The molecule has 20 heavy (non-hydrogen) atoms. The minimum Gasteiger partial charge on any atom is -0.369 e. The molecule has 0 unspecified atom stereocenters. The number of halogens is 1. The number of anilines is 1. The summed E-state index contributed by atoms with van der Waals surface area (Å²) in [6.07, 6.45) is 5.81. The molecule has 0 fully saturated rings. The Bertz CT molecular complexity index is 570. The number of H-pyrrole nitrogens is 1. The summed E-state index contributed by atoms with van der Waals surface area (Å²) in [6.45, 7) is 3.17. The number of aromatic amines is 1. The molecule has 2 aromatic heterocycles. The van der Waals surface area contributed by atoms with Crippen LogP contribution in [0.1, 0.15) is 29.5 Å². The highest BCUT2D eigenvalue weighted by atomic mass is 35.5. The largest absolute Gasteiger partial charge is 0.369 e. The lowest BCUT2D eigenvalue weighted by Crippen LogP contribution is -2.23. The fourth-order valence-corrected chi connectivity index (χ4v) is 1.83. The molecule has 7 heteroatoms. The average molecular weight is 294 g/mol. The number of rotatable bonds is 6. The van der Waals surface area contributed by atoms with Gasteiger partial charge in [-0.15, -0.1) is 0 Å². The van der Waals surface area contributed by atoms with Gasteiger partial charge in [-0.3, -0.25) is 4.79 Å². The number of hydrogen-bond donors (Lipinski definition) is 3. The molecule has 0 saturated carbocycles. The lowest BCUT2D eigenvalue weighted by atomic mass is 10.2. The van der Waals surface area contributed by atoms with Crippen LogP contribution in [0.2, 0.25) is 5.02 Å². The molecule has 0 spiro atoms. The van der Waals surface area contributed by atoms with Gasteiger partial charge >= 0.3 is 0 Å². The summed E-state index contributed by atoms with van der Waals surface area (Å²) in [6, 6.07) is 1.60. The summed E-state index contributed by atoms with van der Waals surface area (Å²) in [4.78, 5) is 23.0. The minimum atomic E-state index is -0.238. The van der Waals surface area contributed by atoms with Crippen LogP contribution in [0.5, 0.6) is 0 Å². The van der Waals surface area contributed by atoms with Crippen molar-refractivity contribution in [3.63, 3.8) is 0 Å². The van der Waals surface area contributed by atoms with Crippen LogP contribution in [0.3, 0.4) is 0 Å². The van der Waals surface area contributed by atoms with Crippen molar-refractivity contribution >= 4 is 23.3 Å². The van der Waals surface area contributed by atoms with Gasteiger partial charge in [0, 0.05) is 25.1 Å². The van der Waals surface area contributed by atoms with Crippen LogP contribution in [0.4, 0.5) is 5.82 Å². The maximum atomic E-state index is 11.9. The smallest absolute Gasteiger partial charge is 0.253 e. The Morgan fingerprint density at radius 3 is 2.95 bits per heavy atom. The second-order valence-electron chi connectivity index (χ2n) is 4.20. The number of nitrogens with one attached hydrogen (secondary N) is 3. The number of amides is 1. The van der Waals surface area contributed by atoms with E-state index in [-0.39, 0.29) is 5.91 Å². The third-order valence-corrected chi connectivity index (χ3v) is 2.91. The zero-order valence-corrected chi connectivity index (χ0v) is 11.9. The first-order valence-electron chi connectivity index (χ1n) is 6.36. The van der Waals surface area contributed by atoms with Gasteiger partial charge in [-0.2, -0.15) is 0 Å². The Hall–Kier alpha value is -2.08. The number of aromatic nitrogens is 3. The molecule has 2 heterocycles. The molecule has 6 nitrogen and oxygen atoms in total. The highest BCUT2D eigenvalue weighted by Gasteiger charge is 2.10. The second kappa shape index (κ2) is 6.91. The van der Waals surface area contributed by atoms with Crippen LogP contribution in [0, 0.1) is 0 Å². The van der Waals surface area contributed by atoms with Crippen LogP contribution in [0.15, 0.2) is 24.7 Å². The van der Waals surface area contributed by atoms with Crippen LogP contribution in [-0.4, -0.2) is 27.4 Å². The van der Waals surface area contributed by atoms with Gasteiger partial charge in [0.2, 0.25) is 0 Å². The van der Waals surface area contributed by atoms with E-state index in [1.165, 1.54) is 6.20 Å². The third-order valence-electron chi connectivity index (χ3n) is 2.62. The van der Waals surface area contributed by atoms with E-state index in [1.54, 1.807) is 18.5 Å². The Balaban J connectivity index is 1.97. The summed E-state index contributed by atoms with van der Waals surface area (Å²) in [5, 5.41) is 6.27. The van der Waals surface area contributed by atoms with Gasteiger partial charge in [-0.05, 0) is 12.5 Å². The van der Waals surface area contributed by atoms with Crippen molar-refractivity contribution < 1.29 is 4.79 Å². The number of carbonyl (C=O) groups excluding carboxylic acids is 1. The zero-order chi connectivity index (χ0) is 14.4. The zero-order valence-electron chi connectivity index (χ0n) is 11.1. The Morgan fingerprint density at radius 2 is 2.30 bits per heavy atom. The van der Waals surface area contributed by atoms with Gasteiger partial charge < -0.3 is 15.6 Å². The van der Waals surface area contributed by atoms with E-state index in [1.807, 2.05) is 0 Å². The van der Waals surface area contributed by atoms with E-state index in [4.69, 9.17) is 11.6 Å². The fraction of sp³-hybridized carbons (Fsp3) is 0.308. The number of pyridine rings is 1. The predicted octanol–water partition coefficient (Wildman–Crippen LogP) is 2.21. The molecule has 0 aliphatic rings. The average Bonchev–Trinajstić information content (AvgIpc) is 2.96. The van der Waals surface area contributed by atoms with Gasteiger partial charge in [0.25, 0.3) is 5.91 Å². The third kappa shape index (κ3) is 3.71. The SMILES string of the molecule is CCCNc1ncc(C(=O)NCc2ncc[nH]2)cc1Cl. The molecular formula is C13H16ClN5O. The number of imidazole rings is 1. The van der Waals surface area contributed by atoms with Crippen molar-refractivity contribution in [3.05, 3.63) is 41.1 Å². The summed E-state index contributed by atoms with van der Waals surface area (Å²) in [5.74, 6) is 1.05. The van der Waals surface area contributed by atoms with E-state index in [9.17, 15) is 4.79 Å². The van der Waals surface area contributed by atoms with Crippen LogP contribution in [-0.2, 0) is 6.54 Å². The van der Waals surface area contributed by atoms with E-state index in [2.05, 4.69) is 32.5 Å². The Kier molecular flexibility index (Phi) is 4.95. The van der Waals surface area contributed by atoms with Crippen LogP contribution < -0.4 is 10.6 Å². The summed E-state index contributed by atoms with van der Waals surface area (Å²) >= 11 is 6.09. The monoisotopic (exact) mass is 293 g/mol. The van der Waals surface area contributed by atoms with Crippen molar-refractivity contribution in [1.29, 1.82) is 0 Å². The predicted molar refractivity (Wildman–Crippen MR) is 77.8 cm³/mol. The Morgan fingerprint density at radius 1 is 1.45 bits per heavy atom. The summed E-state index contributed by atoms with van der Waals surface area (Å²) in [7, 11) is 0. The number of nitrogens with zero attached hydrogens (tertiary/aromatic N) is 2. The molecule has 1 amide bonds. The molecule has 106 valence electrons. The summed E-state index contributed by atoms with van der Waals surface area (Å²) < 4.78 is 0. The number of hydrogen-bond acceptors (Lipinski definition) is 4. The first-order valence-corrected chi connectivity index (χ1v) is 6.74. The van der Waals surface area contributed by atoms with Crippen molar-refractivity contribution in [3.8, 4) is 0 Å². The lowest BCUT2D eigenvalue weighted by molar-refractivity contribution is 0.0949. The summed E-state index contributed by atoms with van der Waals surface area (Å²) in [5.41, 5.74) is 0.420. The molecule has 0 atom stereocenters. The van der Waals surface area contributed by atoms with Crippen molar-refractivity contribution in [1.82, 2.24) is 20.3 Å². The highest BCUT2D eigenvalue weighted by Crippen LogP contribution is 2.20. The van der Waals surface area contributed by atoms with Crippen LogP contribution >= 0.6 is 11.6 Å². The first-order chi connectivity index (χ1) is 9.70. The lowest BCUT2D eigenvalue weighted by Gasteiger charge is -2.08. The Labute approximate surface area is 122 Å². The van der Waals surface area contributed by atoms with Crippen molar-refractivity contribution in [2.45, 2.75) is 19.9 Å². The molecule has 0 aromatic carbocycles. The van der Waals surface area contributed by atoms with Gasteiger partial charge in [0.15, 0.2) is 0 Å². The normalized spacial score (nSPS) is 10.3. The minimum absolute atomic E-state index is 0.238. The van der Waals surface area contributed by atoms with Gasteiger partial charge in [-0.1, -0.05) is 18.5 Å². The molecule has 2 aromatic rings. The fourth-order valence-electron chi connectivity index (χ4n) is 1.60. The van der Waals surface area contributed by atoms with Crippen LogP contribution in [0.25, 0.3) is 0 Å². The van der Waals surface area contributed by atoms with E-state index >= 15 is 0 Å². The van der Waals surface area contributed by atoms with Crippen molar-refractivity contribution in [2.75, 3.05) is 11.9 Å². The maximum Gasteiger partial charge on any atom is 0.253 e.